The van der Waals surface area contributed by atoms with E-state index in [1.54, 1.807) is 24.3 Å². The first kappa shape index (κ1) is 20.3. The van der Waals surface area contributed by atoms with Crippen LogP contribution in [0.5, 0.6) is 11.5 Å². The maximum atomic E-state index is 12.5. The van der Waals surface area contributed by atoms with Crippen molar-refractivity contribution in [3.63, 3.8) is 0 Å². The molecule has 3 rings (SSSR count). The van der Waals surface area contributed by atoms with Gasteiger partial charge in [-0.3, -0.25) is 0 Å². The Kier molecular flexibility index (Phi) is 5.73. The third-order valence-electron chi connectivity index (χ3n) is 4.20. The van der Waals surface area contributed by atoms with Crippen LogP contribution in [-0.4, -0.2) is 47.5 Å². The Bertz CT molecular complexity index is 1080. The van der Waals surface area contributed by atoms with Crippen molar-refractivity contribution in [1.29, 1.82) is 0 Å². The standard InChI is InChI=1S/C18H19NO7S2/c1-25-15-5-7-16(8-6-15)26-18(20)13-3-2-4-17(11-13)28(23,24)19-14-9-10-27(21,22)12-14/h2-8,11,14,19H,9-10,12H2,1H3/t14-/m1/s1. The van der Waals surface area contributed by atoms with Crippen LogP contribution in [0, 0.1) is 0 Å². The molecule has 10 heteroatoms. The summed E-state index contributed by atoms with van der Waals surface area (Å²) in [6.45, 7) is 0. The van der Waals surface area contributed by atoms with Gasteiger partial charge in [0.1, 0.15) is 11.5 Å². The van der Waals surface area contributed by atoms with E-state index in [9.17, 15) is 21.6 Å². The van der Waals surface area contributed by atoms with E-state index in [1.165, 1.54) is 31.4 Å². The monoisotopic (exact) mass is 425 g/mol. The predicted molar refractivity (Wildman–Crippen MR) is 102 cm³/mol. The van der Waals surface area contributed by atoms with E-state index in [1.807, 2.05) is 0 Å². The summed E-state index contributed by atoms with van der Waals surface area (Å²) in [6, 6.07) is 11.1. The van der Waals surface area contributed by atoms with Crippen molar-refractivity contribution in [3.8, 4) is 11.5 Å². The number of sulfone groups is 1. The molecule has 2 aromatic rings. The lowest BCUT2D eigenvalue weighted by molar-refractivity contribution is 0.0734. The first-order valence-electron chi connectivity index (χ1n) is 8.37. The van der Waals surface area contributed by atoms with Gasteiger partial charge >= 0.3 is 5.97 Å². The van der Waals surface area contributed by atoms with Crippen LogP contribution in [0.3, 0.4) is 0 Å². The Balaban J connectivity index is 1.74. The quantitative estimate of drug-likeness (QED) is 0.549. The number of nitrogens with one attached hydrogen (secondary N) is 1. The molecule has 28 heavy (non-hydrogen) atoms. The van der Waals surface area contributed by atoms with Crippen molar-refractivity contribution in [3.05, 3.63) is 54.1 Å². The number of carbonyl (C=O) groups is 1. The molecule has 8 nitrogen and oxygen atoms in total. The molecule has 1 atom stereocenters. The van der Waals surface area contributed by atoms with Crippen LogP contribution in [0.25, 0.3) is 0 Å². The Morgan fingerprint density at radius 2 is 1.79 bits per heavy atom. The first-order chi connectivity index (χ1) is 13.2. The van der Waals surface area contributed by atoms with Crippen molar-refractivity contribution in [1.82, 2.24) is 4.72 Å². The largest absolute Gasteiger partial charge is 0.497 e. The average Bonchev–Trinajstić information content (AvgIpc) is 3.00. The zero-order valence-corrected chi connectivity index (χ0v) is 16.6. The molecule has 1 fully saturated rings. The minimum absolute atomic E-state index is 0.0472. The second kappa shape index (κ2) is 7.90. The van der Waals surface area contributed by atoms with E-state index in [2.05, 4.69) is 4.72 Å². The molecule has 1 N–H and O–H groups in total. The number of hydrogen-bond acceptors (Lipinski definition) is 7. The van der Waals surface area contributed by atoms with Crippen LogP contribution in [0.2, 0.25) is 0 Å². The van der Waals surface area contributed by atoms with E-state index >= 15 is 0 Å². The van der Waals surface area contributed by atoms with Gasteiger partial charge in [-0.25, -0.2) is 26.4 Å². The van der Waals surface area contributed by atoms with Crippen molar-refractivity contribution < 1.29 is 31.1 Å². The molecule has 0 aliphatic carbocycles. The average molecular weight is 425 g/mol. The van der Waals surface area contributed by atoms with E-state index in [0.717, 1.165) is 0 Å². The molecular formula is C18H19NO7S2. The van der Waals surface area contributed by atoms with Crippen molar-refractivity contribution in [2.75, 3.05) is 18.6 Å². The fourth-order valence-corrected chi connectivity index (χ4v) is 5.87. The summed E-state index contributed by atoms with van der Waals surface area (Å²) >= 11 is 0. The van der Waals surface area contributed by atoms with Crippen molar-refractivity contribution in [2.45, 2.75) is 17.4 Å². The number of carbonyl (C=O) groups excluding carboxylic acids is 1. The summed E-state index contributed by atoms with van der Waals surface area (Å²) in [5.74, 6) is -0.105. The summed E-state index contributed by atoms with van der Waals surface area (Å²) in [4.78, 5) is 12.2. The predicted octanol–water partition coefficient (Wildman–Crippen LogP) is 1.38. The van der Waals surface area contributed by atoms with Crippen LogP contribution >= 0.6 is 0 Å². The highest BCUT2D eigenvalue weighted by Crippen LogP contribution is 2.20. The third-order valence-corrected chi connectivity index (χ3v) is 7.49. The highest BCUT2D eigenvalue weighted by Gasteiger charge is 2.31. The van der Waals surface area contributed by atoms with Gasteiger partial charge in [0.2, 0.25) is 10.0 Å². The zero-order valence-electron chi connectivity index (χ0n) is 15.0. The van der Waals surface area contributed by atoms with Crippen LogP contribution < -0.4 is 14.2 Å². The lowest BCUT2D eigenvalue weighted by atomic mass is 10.2. The zero-order chi connectivity index (χ0) is 20.4. The molecule has 0 radical (unpaired) electrons. The van der Waals surface area contributed by atoms with Crippen LogP contribution in [0.4, 0.5) is 0 Å². The molecule has 1 heterocycles. The smallest absolute Gasteiger partial charge is 0.343 e. The van der Waals surface area contributed by atoms with Gasteiger partial charge in [-0.05, 0) is 48.9 Å². The molecule has 0 bridgehead atoms. The van der Waals surface area contributed by atoms with Crippen molar-refractivity contribution >= 4 is 25.8 Å². The van der Waals surface area contributed by atoms with E-state index < -0.39 is 31.9 Å². The topological polar surface area (TPSA) is 116 Å². The normalized spacial score (nSPS) is 18.5. The van der Waals surface area contributed by atoms with Crippen LogP contribution in [0.15, 0.2) is 53.4 Å². The molecule has 0 unspecified atom stereocenters. The van der Waals surface area contributed by atoms with Gasteiger partial charge in [-0.2, -0.15) is 0 Å². The molecule has 1 saturated heterocycles. The molecule has 2 aromatic carbocycles. The number of ether oxygens (including phenoxy) is 2. The summed E-state index contributed by atoms with van der Waals surface area (Å²) in [7, 11) is -5.68. The minimum Gasteiger partial charge on any atom is -0.497 e. The first-order valence-corrected chi connectivity index (χ1v) is 11.7. The number of benzene rings is 2. The number of sulfonamides is 1. The Labute approximate surface area is 163 Å². The lowest BCUT2D eigenvalue weighted by Gasteiger charge is -2.12. The Hall–Kier alpha value is -2.43. The SMILES string of the molecule is COc1ccc(OC(=O)c2cccc(S(=O)(=O)N[C@@H]3CCS(=O)(=O)C3)c2)cc1. The second-order valence-electron chi connectivity index (χ2n) is 6.31. The van der Waals surface area contributed by atoms with Gasteiger partial charge in [0, 0.05) is 6.04 Å². The van der Waals surface area contributed by atoms with Gasteiger partial charge in [0.15, 0.2) is 9.84 Å². The number of esters is 1. The summed E-state index contributed by atoms with van der Waals surface area (Å²) < 4.78 is 60.7. The third kappa shape index (κ3) is 4.89. The lowest BCUT2D eigenvalue weighted by Crippen LogP contribution is -2.35. The molecule has 0 saturated carbocycles. The number of hydrogen-bond donors (Lipinski definition) is 1. The maximum Gasteiger partial charge on any atom is 0.343 e. The summed E-state index contributed by atoms with van der Waals surface area (Å²) in [5, 5.41) is 0. The molecule has 0 amide bonds. The van der Waals surface area contributed by atoms with Gasteiger partial charge < -0.3 is 9.47 Å². The molecule has 1 aliphatic rings. The maximum absolute atomic E-state index is 12.5. The second-order valence-corrected chi connectivity index (χ2v) is 10.3. The van der Waals surface area contributed by atoms with Gasteiger partial charge in [-0.15, -0.1) is 0 Å². The summed E-state index contributed by atoms with van der Waals surface area (Å²) in [6.07, 6.45) is 0.223. The Morgan fingerprint density at radius 3 is 2.39 bits per heavy atom. The summed E-state index contributed by atoms with van der Waals surface area (Å²) in [5.41, 5.74) is 0.0535. The van der Waals surface area contributed by atoms with E-state index in [4.69, 9.17) is 9.47 Å². The van der Waals surface area contributed by atoms with Crippen molar-refractivity contribution in [2.24, 2.45) is 0 Å². The fraction of sp³-hybridized carbons (Fsp3) is 0.278. The van der Waals surface area contributed by atoms with E-state index in [-0.39, 0.29) is 34.1 Å². The van der Waals surface area contributed by atoms with Crippen LogP contribution in [-0.2, 0) is 19.9 Å². The number of rotatable bonds is 6. The molecule has 1 aliphatic heterocycles. The number of methoxy groups -OCH3 is 1. The van der Waals surface area contributed by atoms with Gasteiger partial charge in [0.25, 0.3) is 0 Å². The van der Waals surface area contributed by atoms with Crippen LogP contribution in [0.1, 0.15) is 16.8 Å². The van der Waals surface area contributed by atoms with E-state index in [0.29, 0.717) is 5.75 Å². The molecule has 0 aromatic heterocycles. The molecule has 150 valence electrons. The molecular weight excluding hydrogens is 406 g/mol. The fourth-order valence-electron chi connectivity index (χ4n) is 2.78. The van der Waals surface area contributed by atoms with Gasteiger partial charge in [-0.1, -0.05) is 6.07 Å². The minimum atomic E-state index is -3.97. The van der Waals surface area contributed by atoms with Gasteiger partial charge in [0.05, 0.1) is 29.1 Å². The molecule has 0 spiro atoms. The highest BCUT2D eigenvalue weighted by atomic mass is 32.2. The highest BCUT2D eigenvalue weighted by molar-refractivity contribution is 7.92. The Morgan fingerprint density at radius 1 is 1.11 bits per heavy atom.